The Bertz CT molecular complexity index is 172. The Morgan fingerprint density at radius 2 is 2.40 bits per heavy atom. The van der Waals surface area contributed by atoms with Crippen LogP contribution in [0.4, 0.5) is 5.69 Å². The van der Waals surface area contributed by atoms with Gasteiger partial charge in [-0.25, -0.2) is 0 Å². The van der Waals surface area contributed by atoms with Crippen LogP contribution in [0.3, 0.4) is 0 Å². The molecule has 1 aromatic heterocycles. The summed E-state index contributed by atoms with van der Waals surface area (Å²) in [4.78, 5) is 3.96. The molecule has 1 aromatic rings. The summed E-state index contributed by atoms with van der Waals surface area (Å²) < 4.78 is 0. The summed E-state index contributed by atoms with van der Waals surface area (Å²) in [6, 6.07) is 3.66. The summed E-state index contributed by atoms with van der Waals surface area (Å²) in [7, 11) is 1.83. The number of hydrogen-bond donors (Lipinski definition) is 2. The van der Waals surface area contributed by atoms with Crippen molar-refractivity contribution in [1.29, 1.82) is 0 Å². The Balaban J connectivity index is 2.80. The normalized spacial score (nSPS) is 9.40. The molecule has 0 unspecified atom stereocenters. The summed E-state index contributed by atoms with van der Waals surface area (Å²) in [6.07, 6.45) is 1.69. The van der Waals surface area contributed by atoms with Gasteiger partial charge in [-0.2, -0.15) is 0 Å². The Kier molecular flexibility index (Phi) is 2.23. The van der Waals surface area contributed by atoms with Crippen molar-refractivity contribution in [2.24, 2.45) is 0 Å². The number of aliphatic hydroxyl groups excluding tert-OH is 1. The average Bonchev–Trinajstić information content (AvgIpc) is 2.05. The first-order valence-corrected chi connectivity index (χ1v) is 3.10. The number of anilines is 1. The zero-order valence-corrected chi connectivity index (χ0v) is 5.83. The average molecular weight is 138 g/mol. The van der Waals surface area contributed by atoms with Gasteiger partial charge in [-0.3, -0.25) is 4.98 Å². The minimum atomic E-state index is 0.00396. The lowest BCUT2D eigenvalue weighted by molar-refractivity contribution is 0.277. The summed E-state index contributed by atoms with van der Waals surface area (Å²) in [5.74, 6) is 0. The van der Waals surface area contributed by atoms with Crippen molar-refractivity contribution in [1.82, 2.24) is 4.98 Å². The Hall–Kier alpha value is -1.09. The summed E-state index contributed by atoms with van der Waals surface area (Å²) >= 11 is 0. The van der Waals surface area contributed by atoms with Crippen LogP contribution >= 0.6 is 0 Å². The van der Waals surface area contributed by atoms with Gasteiger partial charge in [0.1, 0.15) is 0 Å². The second-order valence-corrected chi connectivity index (χ2v) is 1.95. The first-order chi connectivity index (χ1) is 4.86. The molecule has 0 aliphatic carbocycles. The van der Waals surface area contributed by atoms with Crippen LogP contribution in [0, 0.1) is 0 Å². The third-order valence-corrected chi connectivity index (χ3v) is 1.28. The Morgan fingerprint density at radius 3 is 2.80 bits per heavy atom. The van der Waals surface area contributed by atoms with E-state index in [0.29, 0.717) is 5.69 Å². The van der Waals surface area contributed by atoms with Crippen LogP contribution < -0.4 is 5.32 Å². The van der Waals surface area contributed by atoms with Gasteiger partial charge < -0.3 is 10.4 Å². The van der Waals surface area contributed by atoms with Gasteiger partial charge in [0.15, 0.2) is 0 Å². The van der Waals surface area contributed by atoms with E-state index in [-0.39, 0.29) is 6.61 Å². The quantitative estimate of drug-likeness (QED) is 0.629. The van der Waals surface area contributed by atoms with Gasteiger partial charge in [-0.05, 0) is 12.1 Å². The smallest absolute Gasteiger partial charge is 0.0852 e. The van der Waals surface area contributed by atoms with Crippen molar-refractivity contribution in [3.05, 3.63) is 24.0 Å². The number of aromatic nitrogens is 1. The van der Waals surface area contributed by atoms with Gasteiger partial charge in [0.25, 0.3) is 0 Å². The molecule has 0 radical (unpaired) electrons. The number of aliphatic hydroxyl groups is 1. The monoisotopic (exact) mass is 138 g/mol. The van der Waals surface area contributed by atoms with Crippen LogP contribution in [0.15, 0.2) is 18.3 Å². The third kappa shape index (κ3) is 1.45. The van der Waals surface area contributed by atoms with Gasteiger partial charge in [0.2, 0.25) is 0 Å². The maximum atomic E-state index is 8.62. The van der Waals surface area contributed by atoms with Crippen molar-refractivity contribution in [2.45, 2.75) is 6.61 Å². The minimum absolute atomic E-state index is 0.00396. The van der Waals surface area contributed by atoms with Gasteiger partial charge in [-0.1, -0.05) is 0 Å². The minimum Gasteiger partial charge on any atom is -0.390 e. The molecule has 0 spiro atoms. The van der Waals surface area contributed by atoms with E-state index >= 15 is 0 Å². The Labute approximate surface area is 59.7 Å². The molecule has 0 saturated heterocycles. The molecule has 0 saturated carbocycles. The molecular formula is C7H10N2O. The van der Waals surface area contributed by atoms with E-state index < -0.39 is 0 Å². The van der Waals surface area contributed by atoms with E-state index in [2.05, 4.69) is 10.3 Å². The summed E-state index contributed by atoms with van der Waals surface area (Å²) in [6.45, 7) is 0.00396. The number of rotatable bonds is 2. The van der Waals surface area contributed by atoms with Gasteiger partial charge in [0, 0.05) is 7.05 Å². The van der Waals surface area contributed by atoms with Crippen LogP contribution in [-0.2, 0) is 6.61 Å². The molecule has 3 heteroatoms. The van der Waals surface area contributed by atoms with Crippen molar-refractivity contribution in [2.75, 3.05) is 12.4 Å². The third-order valence-electron chi connectivity index (χ3n) is 1.28. The number of nitrogens with one attached hydrogen (secondary N) is 1. The highest BCUT2D eigenvalue weighted by Gasteiger charge is 1.89. The van der Waals surface area contributed by atoms with Crippen molar-refractivity contribution < 1.29 is 5.11 Å². The fourth-order valence-electron chi connectivity index (χ4n) is 0.666. The molecule has 2 N–H and O–H groups in total. The zero-order chi connectivity index (χ0) is 7.40. The summed E-state index contributed by atoms with van der Waals surface area (Å²) in [5, 5.41) is 11.6. The predicted octanol–water partition coefficient (Wildman–Crippen LogP) is 0.616. The second kappa shape index (κ2) is 3.17. The molecule has 1 rings (SSSR count). The van der Waals surface area contributed by atoms with E-state index in [4.69, 9.17) is 5.11 Å². The fourth-order valence-corrected chi connectivity index (χ4v) is 0.666. The van der Waals surface area contributed by atoms with Crippen LogP contribution in [0.1, 0.15) is 5.69 Å². The van der Waals surface area contributed by atoms with E-state index in [9.17, 15) is 0 Å². The van der Waals surface area contributed by atoms with Gasteiger partial charge >= 0.3 is 0 Å². The van der Waals surface area contributed by atoms with E-state index in [1.54, 1.807) is 12.3 Å². The molecule has 0 atom stereocenters. The van der Waals surface area contributed by atoms with Crippen LogP contribution in [-0.4, -0.2) is 17.1 Å². The molecule has 0 aromatic carbocycles. The lowest BCUT2D eigenvalue weighted by Gasteiger charge is -1.98. The van der Waals surface area contributed by atoms with Crippen molar-refractivity contribution >= 4 is 5.69 Å². The number of pyridine rings is 1. The lowest BCUT2D eigenvalue weighted by Crippen LogP contribution is -1.92. The first-order valence-electron chi connectivity index (χ1n) is 3.10. The molecule has 3 nitrogen and oxygen atoms in total. The SMILES string of the molecule is CNc1ccc(CO)nc1. The molecule has 1 heterocycles. The first kappa shape index (κ1) is 7.02. The van der Waals surface area contributed by atoms with Crippen LogP contribution in [0.25, 0.3) is 0 Å². The molecule has 0 bridgehead atoms. The number of nitrogens with zero attached hydrogens (tertiary/aromatic N) is 1. The van der Waals surface area contributed by atoms with Gasteiger partial charge in [0.05, 0.1) is 24.2 Å². The largest absolute Gasteiger partial charge is 0.390 e. The van der Waals surface area contributed by atoms with Crippen molar-refractivity contribution in [3.63, 3.8) is 0 Å². The highest BCUT2D eigenvalue weighted by atomic mass is 16.3. The van der Waals surface area contributed by atoms with Gasteiger partial charge in [-0.15, -0.1) is 0 Å². The lowest BCUT2D eigenvalue weighted by atomic mass is 10.3. The maximum absolute atomic E-state index is 8.62. The summed E-state index contributed by atoms with van der Waals surface area (Å²) in [5.41, 5.74) is 1.65. The second-order valence-electron chi connectivity index (χ2n) is 1.95. The highest BCUT2D eigenvalue weighted by molar-refractivity contribution is 5.39. The Morgan fingerprint density at radius 1 is 1.60 bits per heavy atom. The van der Waals surface area contributed by atoms with Crippen molar-refractivity contribution in [3.8, 4) is 0 Å². The van der Waals surface area contributed by atoms with E-state index in [0.717, 1.165) is 5.69 Å². The van der Waals surface area contributed by atoms with E-state index in [1.165, 1.54) is 0 Å². The molecule has 0 fully saturated rings. The molecular weight excluding hydrogens is 128 g/mol. The number of hydrogen-bond acceptors (Lipinski definition) is 3. The van der Waals surface area contributed by atoms with Crippen LogP contribution in [0.5, 0.6) is 0 Å². The molecule has 0 aliphatic heterocycles. The molecule has 54 valence electrons. The maximum Gasteiger partial charge on any atom is 0.0852 e. The van der Waals surface area contributed by atoms with Crippen LogP contribution in [0.2, 0.25) is 0 Å². The van der Waals surface area contributed by atoms with E-state index in [1.807, 2.05) is 13.1 Å². The topological polar surface area (TPSA) is 45.1 Å². The molecule has 0 aliphatic rings. The highest BCUT2D eigenvalue weighted by Crippen LogP contribution is 2.03. The zero-order valence-electron chi connectivity index (χ0n) is 5.83. The predicted molar refractivity (Wildman–Crippen MR) is 39.7 cm³/mol. The standard InChI is InChI=1S/C7H10N2O/c1-8-6-2-3-7(5-10)9-4-6/h2-4,8,10H,5H2,1H3. The fraction of sp³-hybridized carbons (Fsp3) is 0.286. The molecule has 0 amide bonds. The molecule has 10 heavy (non-hydrogen) atoms.